The number of ether oxygens (including phenoxy) is 1. The number of rotatable bonds is 4. The van der Waals surface area contributed by atoms with Crippen LogP contribution in [0.4, 0.5) is 0 Å². The number of nitrogens with two attached hydrogens (primary N) is 1. The van der Waals surface area contributed by atoms with Gasteiger partial charge in [0.15, 0.2) is 5.69 Å². The quantitative estimate of drug-likeness (QED) is 0.853. The predicted octanol–water partition coefficient (Wildman–Crippen LogP) is 1.24. The minimum atomic E-state index is -0.644. The number of carbonyl (C=O) groups excluding carboxylic acids is 2. The average Bonchev–Trinajstić information content (AvgIpc) is 2.80. The molecule has 1 aromatic carbocycles. The lowest BCUT2D eigenvalue weighted by Crippen LogP contribution is -2.14. The normalized spacial score (nSPS) is 10.7. The highest BCUT2D eigenvalue weighted by molar-refractivity contribution is 5.92. The van der Waals surface area contributed by atoms with E-state index in [4.69, 9.17) is 10.5 Å². The molecular weight excluding hydrogens is 272 g/mol. The van der Waals surface area contributed by atoms with Crippen LogP contribution in [0.5, 0.6) is 0 Å². The molecule has 0 radical (unpaired) electrons. The molecule has 110 valence electrons. The number of hydrogen-bond acceptors (Lipinski definition) is 5. The van der Waals surface area contributed by atoms with E-state index in [0.717, 1.165) is 0 Å². The molecule has 21 heavy (non-hydrogen) atoms. The largest absolute Gasteiger partial charge is 0.459 e. The van der Waals surface area contributed by atoms with E-state index in [1.165, 1.54) is 4.68 Å². The number of amides is 1. The molecule has 0 aliphatic rings. The summed E-state index contributed by atoms with van der Waals surface area (Å²) in [6.45, 7) is 5.24. The Kier molecular flexibility index (Phi) is 4.02. The van der Waals surface area contributed by atoms with Crippen LogP contribution in [-0.2, 0) is 4.74 Å². The van der Waals surface area contributed by atoms with Crippen molar-refractivity contribution in [1.82, 2.24) is 15.0 Å². The van der Waals surface area contributed by atoms with Crippen LogP contribution in [0, 0.1) is 6.92 Å². The molecule has 0 aliphatic heterocycles. The second-order valence-corrected chi connectivity index (χ2v) is 4.80. The molecule has 7 heteroatoms. The Balaban J connectivity index is 2.38. The number of nitrogens with zero attached hydrogens (tertiary/aromatic N) is 3. The van der Waals surface area contributed by atoms with Gasteiger partial charge in [-0.05, 0) is 39.0 Å². The van der Waals surface area contributed by atoms with E-state index in [2.05, 4.69) is 10.3 Å². The lowest BCUT2D eigenvalue weighted by Gasteiger charge is -2.09. The van der Waals surface area contributed by atoms with Crippen molar-refractivity contribution in [3.8, 4) is 5.69 Å². The number of hydrogen-bond donors (Lipinski definition) is 1. The molecule has 1 aromatic heterocycles. The van der Waals surface area contributed by atoms with Gasteiger partial charge in [-0.25, -0.2) is 9.48 Å². The van der Waals surface area contributed by atoms with E-state index in [-0.39, 0.29) is 11.8 Å². The summed E-state index contributed by atoms with van der Waals surface area (Å²) < 4.78 is 6.59. The zero-order valence-electron chi connectivity index (χ0n) is 12.0. The first kappa shape index (κ1) is 14.7. The Labute approximate surface area is 121 Å². The minimum Gasteiger partial charge on any atom is -0.459 e. The van der Waals surface area contributed by atoms with Crippen molar-refractivity contribution in [3.05, 3.63) is 41.2 Å². The smallest absolute Gasteiger partial charge is 0.338 e. The summed E-state index contributed by atoms with van der Waals surface area (Å²) in [6, 6.07) is 6.72. The third kappa shape index (κ3) is 3.07. The molecule has 2 rings (SSSR count). The van der Waals surface area contributed by atoms with Crippen LogP contribution in [-0.4, -0.2) is 33.0 Å². The fourth-order valence-corrected chi connectivity index (χ4v) is 1.85. The van der Waals surface area contributed by atoms with Gasteiger partial charge in [-0.3, -0.25) is 4.79 Å². The van der Waals surface area contributed by atoms with Gasteiger partial charge in [0.1, 0.15) is 0 Å². The fourth-order valence-electron chi connectivity index (χ4n) is 1.85. The molecule has 0 aliphatic carbocycles. The van der Waals surface area contributed by atoms with E-state index >= 15 is 0 Å². The number of aromatic nitrogens is 3. The summed E-state index contributed by atoms with van der Waals surface area (Å²) in [7, 11) is 0. The molecule has 0 spiro atoms. The molecule has 0 unspecified atom stereocenters. The van der Waals surface area contributed by atoms with Crippen LogP contribution in [0.3, 0.4) is 0 Å². The zero-order chi connectivity index (χ0) is 15.6. The van der Waals surface area contributed by atoms with E-state index < -0.39 is 11.9 Å². The summed E-state index contributed by atoms with van der Waals surface area (Å²) >= 11 is 0. The van der Waals surface area contributed by atoms with Crippen molar-refractivity contribution < 1.29 is 14.3 Å². The second kappa shape index (κ2) is 5.74. The fraction of sp³-hybridized carbons (Fsp3) is 0.286. The Hall–Kier alpha value is -2.70. The van der Waals surface area contributed by atoms with Gasteiger partial charge in [0.05, 0.1) is 23.0 Å². The third-order valence-corrected chi connectivity index (χ3v) is 2.80. The maximum absolute atomic E-state index is 11.9. The van der Waals surface area contributed by atoms with Gasteiger partial charge in [-0.1, -0.05) is 11.3 Å². The van der Waals surface area contributed by atoms with Gasteiger partial charge in [0.25, 0.3) is 5.91 Å². The Morgan fingerprint density at radius 1 is 1.33 bits per heavy atom. The summed E-state index contributed by atoms with van der Waals surface area (Å²) in [5.41, 5.74) is 6.83. The Bertz CT molecular complexity index is 691. The van der Waals surface area contributed by atoms with Crippen molar-refractivity contribution in [2.24, 2.45) is 5.73 Å². The summed E-state index contributed by atoms with van der Waals surface area (Å²) in [6.07, 6.45) is -0.198. The lowest BCUT2D eigenvalue weighted by molar-refractivity contribution is 0.0377. The summed E-state index contributed by atoms with van der Waals surface area (Å²) in [5.74, 6) is -1.06. The summed E-state index contributed by atoms with van der Waals surface area (Å²) in [4.78, 5) is 23.1. The number of primary amides is 1. The Morgan fingerprint density at radius 2 is 2.05 bits per heavy atom. The highest BCUT2D eigenvalue weighted by Gasteiger charge is 2.16. The molecule has 2 N–H and O–H groups in total. The van der Waals surface area contributed by atoms with E-state index in [0.29, 0.717) is 16.9 Å². The molecule has 0 fully saturated rings. The standard InChI is InChI=1S/C14H16N4O3/c1-8(2)21-14(20)10-5-4-6-11(7-10)18-9(3)12(13(15)19)16-17-18/h4-8H,1-3H3,(H2,15,19). The van der Waals surface area contributed by atoms with E-state index in [1.807, 2.05) is 0 Å². The molecule has 0 saturated carbocycles. The second-order valence-electron chi connectivity index (χ2n) is 4.80. The van der Waals surface area contributed by atoms with Gasteiger partial charge in [0.2, 0.25) is 0 Å². The molecular formula is C14H16N4O3. The summed E-state index contributed by atoms with van der Waals surface area (Å²) in [5, 5.41) is 7.62. The van der Waals surface area contributed by atoms with Crippen LogP contribution in [0.25, 0.3) is 5.69 Å². The number of esters is 1. The molecule has 7 nitrogen and oxygen atoms in total. The lowest BCUT2D eigenvalue weighted by atomic mass is 10.2. The van der Waals surface area contributed by atoms with Crippen LogP contribution in [0.15, 0.2) is 24.3 Å². The molecule has 1 heterocycles. The van der Waals surface area contributed by atoms with Gasteiger partial charge < -0.3 is 10.5 Å². The van der Waals surface area contributed by atoms with E-state index in [1.54, 1.807) is 45.0 Å². The SMILES string of the molecule is Cc1c(C(N)=O)nnn1-c1cccc(C(=O)OC(C)C)c1. The van der Waals surface area contributed by atoms with Crippen molar-refractivity contribution in [3.63, 3.8) is 0 Å². The number of benzene rings is 1. The average molecular weight is 288 g/mol. The zero-order valence-corrected chi connectivity index (χ0v) is 12.0. The van der Waals surface area contributed by atoms with Crippen LogP contribution in [0.2, 0.25) is 0 Å². The van der Waals surface area contributed by atoms with Gasteiger partial charge in [-0.2, -0.15) is 0 Å². The van der Waals surface area contributed by atoms with E-state index in [9.17, 15) is 9.59 Å². The monoisotopic (exact) mass is 288 g/mol. The topological polar surface area (TPSA) is 100 Å². The minimum absolute atomic E-state index is 0.102. The molecule has 1 amide bonds. The first-order valence-corrected chi connectivity index (χ1v) is 6.43. The first-order chi connectivity index (χ1) is 9.90. The maximum atomic E-state index is 11.9. The van der Waals surface area contributed by atoms with Crippen LogP contribution < -0.4 is 5.73 Å². The Morgan fingerprint density at radius 3 is 2.62 bits per heavy atom. The molecule has 0 saturated heterocycles. The highest BCUT2D eigenvalue weighted by Crippen LogP contribution is 2.15. The van der Waals surface area contributed by atoms with Crippen molar-refractivity contribution >= 4 is 11.9 Å². The number of carbonyl (C=O) groups is 2. The van der Waals surface area contributed by atoms with Crippen molar-refractivity contribution in [2.75, 3.05) is 0 Å². The van der Waals surface area contributed by atoms with Gasteiger partial charge >= 0.3 is 5.97 Å². The van der Waals surface area contributed by atoms with Gasteiger partial charge in [-0.15, -0.1) is 5.10 Å². The van der Waals surface area contributed by atoms with Gasteiger partial charge in [0, 0.05) is 0 Å². The van der Waals surface area contributed by atoms with Crippen molar-refractivity contribution in [1.29, 1.82) is 0 Å². The predicted molar refractivity (Wildman–Crippen MR) is 75.2 cm³/mol. The van der Waals surface area contributed by atoms with Crippen molar-refractivity contribution in [2.45, 2.75) is 26.9 Å². The molecule has 0 bridgehead atoms. The van der Waals surface area contributed by atoms with Crippen LogP contribution in [0.1, 0.15) is 40.4 Å². The molecule has 0 atom stereocenters. The van der Waals surface area contributed by atoms with Crippen LogP contribution >= 0.6 is 0 Å². The maximum Gasteiger partial charge on any atom is 0.338 e. The highest BCUT2D eigenvalue weighted by atomic mass is 16.5. The third-order valence-electron chi connectivity index (χ3n) is 2.80. The first-order valence-electron chi connectivity index (χ1n) is 6.43. The molecule has 2 aromatic rings.